The van der Waals surface area contributed by atoms with E-state index in [4.69, 9.17) is 11.6 Å². The lowest BCUT2D eigenvalue weighted by atomic mass is 10.2. The Hall–Kier alpha value is -1.98. The van der Waals surface area contributed by atoms with Gasteiger partial charge in [0.2, 0.25) is 5.91 Å². The molecule has 3 rings (SSSR count). The topological polar surface area (TPSA) is 32.3 Å². The number of hydrogen-bond donors (Lipinski definition) is 1. The predicted octanol–water partition coefficient (Wildman–Crippen LogP) is 4.22. The fraction of sp³-hybridized carbons (Fsp3) is 0.278. The van der Waals surface area contributed by atoms with Gasteiger partial charge >= 0.3 is 0 Å². The molecule has 1 saturated carbocycles. The van der Waals surface area contributed by atoms with Gasteiger partial charge in [-0.3, -0.25) is 9.69 Å². The number of anilines is 1. The third-order valence-electron chi connectivity index (χ3n) is 3.91. The molecule has 3 nitrogen and oxygen atoms in total. The largest absolute Gasteiger partial charge is 0.322 e. The molecule has 2 aromatic carbocycles. The van der Waals surface area contributed by atoms with Crippen LogP contribution >= 0.6 is 11.6 Å². The van der Waals surface area contributed by atoms with E-state index in [1.807, 2.05) is 4.90 Å². The van der Waals surface area contributed by atoms with E-state index >= 15 is 0 Å². The fourth-order valence-electron chi connectivity index (χ4n) is 2.55. The van der Waals surface area contributed by atoms with Gasteiger partial charge in [-0.2, -0.15) is 0 Å². The standard InChI is InChI=1S/C18H17ClF2N2O/c19-13-3-8-16(21)17(9-13)22-18(24)11-23(15-6-7-15)10-12-1-4-14(20)5-2-12/h1-5,8-9,15H,6-7,10-11H2,(H,22,24). The molecule has 0 heterocycles. The maximum Gasteiger partial charge on any atom is 0.238 e. The first-order chi connectivity index (χ1) is 11.5. The second kappa shape index (κ2) is 7.28. The lowest BCUT2D eigenvalue weighted by molar-refractivity contribution is -0.117. The Morgan fingerprint density at radius 2 is 1.88 bits per heavy atom. The van der Waals surface area contributed by atoms with Gasteiger partial charge in [0.25, 0.3) is 0 Å². The van der Waals surface area contributed by atoms with E-state index < -0.39 is 5.82 Å². The third-order valence-corrected chi connectivity index (χ3v) is 4.15. The summed E-state index contributed by atoms with van der Waals surface area (Å²) >= 11 is 5.83. The van der Waals surface area contributed by atoms with E-state index in [-0.39, 0.29) is 24.0 Å². The van der Waals surface area contributed by atoms with Crippen molar-refractivity contribution in [1.82, 2.24) is 4.90 Å². The van der Waals surface area contributed by atoms with Gasteiger partial charge in [0.15, 0.2) is 0 Å². The van der Waals surface area contributed by atoms with Crippen molar-refractivity contribution in [2.24, 2.45) is 0 Å². The zero-order valence-electron chi connectivity index (χ0n) is 12.9. The summed E-state index contributed by atoms with van der Waals surface area (Å²) in [5.41, 5.74) is 1.01. The predicted molar refractivity (Wildman–Crippen MR) is 89.9 cm³/mol. The van der Waals surface area contributed by atoms with Crippen LogP contribution in [0.25, 0.3) is 0 Å². The number of amides is 1. The Balaban J connectivity index is 1.63. The quantitative estimate of drug-likeness (QED) is 0.846. The van der Waals surface area contributed by atoms with Crippen LogP contribution in [0.4, 0.5) is 14.5 Å². The summed E-state index contributed by atoms with van der Waals surface area (Å²) in [4.78, 5) is 14.3. The van der Waals surface area contributed by atoms with Crippen molar-refractivity contribution in [3.63, 3.8) is 0 Å². The Labute approximate surface area is 144 Å². The summed E-state index contributed by atoms with van der Waals surface area (Å²) in [6, 6.07) is 10.6. The van der Waals surface area contributed by atoms with Crippen LogP contribution in [-0.4, -0.2) is 23.4 Å². The molecule has 0 aromatic heterocycles. The molecule has 0 atom stereocenters. The summed E-state index contributed by atoms with van der Waals surface area (Å²) in [6.45, 7) is 0.699. The molecule has 1 aliphatic rings. The van der Waals surface area contributed by atoms with Crippen molar-refractivity contribution in [2.45, 2.75) is 25.4 Å². The van der Waals surface area contributed by atoms with Gasteiger partial charge < -0.3 is 5.32 Å². The highest BCUT2D eigenvalue weighted by molar-refractivity contribution is 6.30. The van der Waals surface area contributed by atoms with E-state index in [0.29, 0.717) is 17.6 Å². The summed E-state index contributed by atoms with van der Waals surface area (Å²) in [6.07, 6.45) is 2.06. The van der Waals surface area contributed by atoms with E-state index in [9.17, 15) is 13.6 Å². The van der Waals surface area contributed by atoms with Gasteiger partial charge in [0, 0.05) is 17.6 Å². The SMILES string of the molecule is O=C(CN(Cc1ccc(F)cc1)C1CC1)Nc1cc(Cl)ccc1F. The van der Waals surface area contributed by atoms with Crippen molar-refractivity contribution in [3.05, 3.63) is 64.7 Å². The van der Waals surface area contributed by atoms with Gasteiger partial charge in [0.1, 0.15) is 11.6 Å². The molecule has 1 N–H and O–H groups in total. The van der Waals surface area contributed by atoms with Gasteiger partial charge in [-0.1, -0.05) is 23.7 Å². The molecule has 1 amide bonds. The fourth-order valence-corrected chi connectivity index (χ4v) is 2.72. The van der Waals surface area contributed by atoms with Crippen molar-refractivity contribution in [1.29, 1.82) is 0 Å². The molecule has 6 heteroatoms. The maximum absolute atomic E-state index is 13.7. The molecule has 0 aliphatic heterocycles. The Morgan fingerprint density at radius 3 is 2.54 bits per heavy atom. The Morgan fingerprint density at radius 1 is 1.17 bits per heavy atom. The molecule has 0 unspecified atom stereocenters. The molecule has 1 aliphatic carbocycles. The normalized spacial score (nSPS) is 14.0. The summed E-state index contributed by atoms with van der Waals surface area (Å²) in [5.74, 6) is -1.11. The molecule has 0 saturated heterocycles. The minimum absolute atomic E-state index is 0.0741. The molecule has 0 radical (unpaired) electrons. The van der Waals surface area contributed by atoms with Crippen molar-refractivity contribution in [3.8, 4) is 0 Å². The van der Waals surface area contributed by atoms with Crippen molar-refractivity contribution < 1.29 is 13.6 Å². The zero-order valence-corrected chi connectivity index (χ0v) is 13.7. The summed E-state index contributed by atoms with van der Waals surface area (Å²) in [7, 11) is 0. The number of rotatable bonds is 6. The number of carbonyl (C=O) groups excluding carboxylic acids is 1. The van der Waals surface area contributed by atoms with Crippen LogP contribution in [0, 0.1) is 11.6 Å². The van der Waals surface area contributed by atoms with E-state index in [1.165, 1.54) is 30.3 Å². The van der Waals surface area contributed by atoms with Crippen molar-refractivity contribution in [2.75, 3.05) is 11.9 Å². The monoisotopic (exact) mass is 350 g/mol. The van der Waals surface area contributed by atoms with Crippen LogP contribution < -0.4 is 5.32 Å². The first-order valence-corrected chi connectivity index (χ1v) is 8.12. The number of halogens is 3. The van der Waals surface area contributed by atoms with Crippen LogP contribution in [0.2, 0.25) is 5.02 Å². The third kappa shape index (κ3) is 4.52. The Bertz CT molecular complexity index is 732. The highest BCUT2D eigenvalue weighted by atomic mass is 35.5. The average molecular weight is 351 g/mol. The van der Waals surface area contributed by atoms with Crippen LogP contribution in [-0.2, 0) is 11.3 Å². The van der Waals surface area contributed by atoms with Gasteiger partial charge in [-0.15, -0.1) is 0 Å². The second-order valence-corrected chi connectivity index (χ2v) is 6.37. The first kappa shape index (κ1) is 16.9. The van der Waals surface area contributed by atoms with Gasteiger partial charge in [-0.05, 0) is 48.7 Å². The number of nitrogens with zero attached hydrogens (tertiary/aromatic N) is 1. The van der Waals surface area contributed by atoms with E-state index in [1.54, 1.807) is 12.1 Å². The smallest absolute Gasteiger partial charge is 0.238 e. The first-order valence-electron chi connectivity index (χ1n) is 7.74. The number of benzene rings is 2. The molecule has 2 aromatic rings. The molecular formula is C18H17ClF2N2O. The van der Waals surface area contributed by atoms with E-state index in [2.05, 4.69) is 5.32 Å². The molecular weight excluding hydrogens is 334 g/mol. The molecule has 1 fully saturated rings. The van der Waals surface area contributed by atoms with Crippen LogP contribution in [0.15, 0.2) is 42.5 Å². The maximum atomic E-state index is 13.7. The second-order valence-electron chi connectivity index (χ2n) is 5.93. The van der Waals surface area contributed by atoms with Crippen molar-refractivity contribution >= 4 is 23.2 Å². The van der Waals surface area contributed by atoms with Crippen LogP contribution in [0.1, 0.15) is 18.4 Å². The molecule has 0 spiro atoms. The van der Waals surface area contributed by atoms with Crippen LogP contribution in [0.3, 0.4) is 0 Å². The highest BCUT2D eigenvalue weighted by Crippen LogP contribution is 2.28. The molecule has 126 valence electrons. The van der Waals surface area contributed by atoms with Gasteiger partial charge in [-0.25, -0.2) is 8.78 Å². The average Bonchev–Trinajstić information content (AvgIpc) is 3.37. The minimum Gasteiger partial charge on any atom is -0.322 e. The minimum atomic E-state index is -0.524. The zero-order chi connectivity index (χ0) is 17.1. The molecule has 0 bridgehead atoms. The Kier molecular flexibility index (Phi) is 5.11. The highest BCUT2D eigenvalue weighted by Gasteiger charge is 2.30. The number of carbonyl (C=O) groups is 1. The summed E-state index contributed by atoms with van der Waals surface area (Å²) in [5, 5.41) is 2.92. The molecule has 24 heavy (non-hydrogen) atoms. The lowest BCUT2D eigenvalue weighted by Gasteiger charge is -2.21. The number of nitrogens with one attached hydrogen (secondary N) is 1. The van der Waals surface area contributed by atoms with Crippen LogP contribution in [0.5, 0.6) is 0 Å². The summed E-state index contributed by atoms with van der Waals surface area (Å²) < 4.78 is 26.7. The lowest BCUT2D eigenvalue weighted by Crippen LogP contribution is -2.34. The van der Waals surface area contributed by atoms with E-state index in [0.717, 1.165) is 18.4 Å². The van der Waals surface area contributed by atoms with Gasteiger partial charge in [0.05, 0.1) is 12.2 Å². The number of hydrogen-bond acceptors (Lipinski definition) is 2.